The van der Waals surface area contributed by atoms with E-state index in [1.807, 2.05) is 13.8 Å². The van der Waals surface area contributed by atoms with Crippen LogP contribution in [0.4, 0.5) is 11.8 Å². The number of carbonyl (C=O) groups excluding carboxylic acids is 1. The van der Waals surface area contributed by atoms with Crippen molar-refractivity contribution in [1.82, 2.24) is 15.3 Å². The van der Waals surface area contributed by atoms with Crippen molar-refractivity contribution in [2.24, 2.45) is 5.84 Å². The molecule has 100 valence electrons. The molecule has 0 aliphatic carbocycles. The molecule has 0 spiro atoms. The minimum atomic E-state index is -0.0692. The average Bonchev–Trinajstić information content (AvgIpc) is 2.28. The molecule has 1 heterocycles. The summed E-state index contributed by atoms with van der Waals surface area (Å²) in [6, 6.07) is 0.112. The molecule has 8 heteroatoms. The topological polar surface area (TPSA) is 96.2 Å². The van der Waals surface area contributed by atoms with Gasteiger partial charge in [-0.2, -0.15) is 4.98 Å². The quantitative estimate of drug-likeness (QED) is 0.540. The first-order valence-electron chi connectivity index (χ1n) is 5.43. The smallest absolute Gasteiger partial charge is 0.239 e. The average molecular weight is 317 g/mol. The number of anilines is 2. The van der Waals surface area contributed by atoms with Crippen molar-refractivity contribution in [1.29, 1.82) is 0 Å². The van der Waals surface area contributed by atoms with Crippen molar-refractivity contribution in [3.8, 4) is 0 Å². The number of hydrazine groups is 1. The number of rotatable bonds is 5. The SMILES string of the molecule is CC(C)NC(=O)CN(C)c1nc(NN)ncc1Br. The van der Waals surface area contributed by atoms with E-state index < -0.39 is 0 Å². The number of hydrogen-bond donors (Lipinski definition) is 3. The van der Waals surface area contributed by atoms with Crippen LogP contribution in [-0.4, -0.2) is 35.5 Å². The number of nitrogens with two attached hydrogens (primary N) is 1. The van der Waals surface area contributed by atoms with Gasteiger partial charge in [-0.1, -0.05) is 0 Å². The number of nitrogen functional groups attached to an aromatic ring is 1. The Balaban J connectivity index is 2.77. The van der Waals surface area contributed by atoms with Gasteiger partial charge < -0.3 is 10.2 Å². The molecule has 1 aromatic heterocycles. The Morgan fingerprint density at radius 3 is 2.83 bits per heavy atom. The first-order chi connectivity index (χ1) is 8.43. The predicted molar refractivity (Wildman–Crippen MR) is 74.1 cm³/mol. The van der Waals surface area contributed by atoms with E-state index in [-0.39, 0.29) is 18.5 Å². The van der Waals surface area contributed by atoms with E-state index >= 15 is 0 Å². The second kappa shape index (κ2) is 6.50. The summed E-state index contributed by atoms with van der Waals surface area (Å²) >= 11 is 3.33. The highest BCUT2D eigenvalue weighted by molar-refractivity contribution is 9.10. The highest BCUT2D eigenvalue weighted by Crippen LogP contribution is 2.22. The maximum atomic E-state index is 11.7. The van der Waals surface area contributed by atoms with Gasteiger partial charge in [-0.15, -0.1) is 0 Å². The lowest BCUT2D eigenvalue weighted by atomic mass is 10.4. The molecular weight excluding hydrogens is 300 g/mol. The molecular formula is C10H17BrN6O. The number of hydrogen-bond acceptors (Lipinski definition) is 6. The van der Waals surface area contributed by atoms with Gasteiger partial charge in [0, 0.05) is 19.3 Å². The lowest BCUT2D eigenvalue weighted by Gasteiger charge is -2.20. The molecule has 0 saturated heterocycles. The Bertz CT molecular complexity index is 425. The van der Waals surface area contributed by atoms with Gasteiger partial charge in [-0.05, 0) is 29.8 Å². The van der Waals surface area contributed by atoms with E-state index in [4.69, 9.17) is 5.84 Å². The first kappa shape index (κ1) is 14.7. The lowest BCUT2D eigenvalue weighted by Crippen LogP contribution is -2.39. The summed E-state index contributed by atoms with van der Waals surface area (Å²) in [7, 11) is 1.77. The zero-order valence-corrected chi connectivity index (χ0v) is 12.2. The van der Waals surface area contributed by atoms with Crippen LogP contribution in [0.15, 0.2) is 10.7 Å². The third-order valence-corrected chi connectivity index (χ3v) is 2.61. The minimum absolute atomic E-state index is 0.0692. The second-order valence-corrected chi connectivity index (χ2v) is 4.94. The number of amides is 1. The molecule has 0 bridgehead atoms. The standard InChI is InChI=1S/C10H17BrN6O/c1-6(2)14-8(18)5-17(3)9-7(11)4-13-10(15-9)16-12/h4,6H,5,12H2,1-3H3,(H,14,18)(H,13,15,16). The van der Waals surface area contributed by atoms with E-state index in [9.17, 15) is 4.79 Å². The molecule has 4 N–H and O–H groups in total. The Morgan fingerprint density at radius 1 is 1.61 bits per heavy atom. The van der Waals surface area contributed by atoms with Gasteiger partial charge in [0.2, 0.25) is 11.9 Å². The molecule has 7 nitrogen and oxygen atoms in total. The highest BCUT2D eigenvalue weighted by atomic mass is 79.9. The van der Waals surface area contributed by atoms with Crippen LogP contribution in [0.25, 0.3) is 0 Å². The Kier molecular flexibility index (Phi) is 5.29. The number of nitrogens with one attached hydrogen (secondary N) is 2. The molecule has 18 heavy (non-hydrogen) atoms. The van der Waals surface area contributed by atoms with Gasteiger partial charge in [0.05, 0.1) is 11.0 Å². The number of nitrogens with zero attached hydrogens (tertiary/aromatic N) is 3. The monoisotopic (exact) mass is 316 g/mol. The van der Waals surface area contributed by atoms with Crippen LogP contribution in [0.3, 0.4) is 0 Å². The second-order valence-electron chi connectivity index (χ2n) is 4.09. The zero-order valence-electron chi connectivity index (χ0n) is 10.6. The Labute approximate surface area is 114 Å². The molecule has 0 radical (unpaired) electrons. The van der Waals surface area contributed by atoms with Crippen molar-refractivity contribution >= 4 is 33.6 Å². The molecule has 0 aliphatic heterocycles. The number of halogens is 1. The van der Waals surface area contributed by atoms with Crippen LogP contribution in [0.1, 0.15) is 13.8 Å². The summed E-state index contributed by atoms with van der Waals surface area (Å²) < 4.78 is 0.696. The summed E-state index contributed by atoms with van der Waals surface area (Å²) in [4.78, 5) is 21.5. The number of aromatic nitrogens is 2. The van der Waals surface area contributed by atoms with E-state index in [0.717, 1.165) is 0 Å². The lowest BCUT2D eigenvalue weighted by molar-refractivity contribution is -0.120. The molecule has 1 amide bonds. The molecule has 0 atom stereocenters. The van der Waals surface area contributed by atoms with Gasteiger partial charge >= 0.3 is 0 Å². The minimum Gasteiger partial charge on any atom is -0.352 e. The predicted octanol–water partition coefficient (Wildman–Crippen LogP) is 0.485. The maximum Gasteiger partial charge on any atom is 0.239 e. The Morgan fingerprint density at radius 2 is 2.28 bits per heavy atom. The fourth-order valence-electron chi connectivity index (χ4n) is 1.35. The third-order valence-electron chi connectivity index (χ3n) is 2.05. The number of likely N-dealkylation sites (N-methyl/N-ethyl adjacent to an activating group) is 1. The summed E-state index contributed by atoms with van der Waals surface area (Å²) in [5.74, 6) is 6.07. The van der Waals surface area contributed by atoms with Crippen LogP contribution in [0.2, 0.25) is 0 Å². The van der Waals surface area contributed by atoms with Crippen LogP contribution in [0, 0.1) is 0 Å². The van der Waals surface area contributed by atoms with Crippen molar-refractivity contribution in [2.45, 2.75) is 19.9 Å². The van der Waals surface area contributed by atoms with E-state index in [2.05, 4.69) is 36.6 Å². The zero-order chi connectivity index (χ0) is 13.7. The van der Waals surface area contributed by atoms with E-state index in [0.29, 0.717) is 16.2 Å². The van der Waals surface area contributed by atoms with Gasteiger partial charge in [0.1, 0.15) is 5.82 Å². The molecule has 1 rings (SSSR count). The first-order valence-corrected chi connectivity index (χ1v) is 6.23. The van der Waals surface area contributed by atoms with Crippen molar-refractivity contribution in [3.63, 3.8) is 0 Å². The highest BCUT2D eigenvalue weighted by Gasteiger charge is 2.13. The Hall–Kier alpha value is -1.41. The van der Waals surface area contributed by atoms with Crippen LogP contribution in [-0.2, 0) is 4.79 Å². The normalized spacial score (nSPS) is 10.3. The largest absolute Gasteiger partial charge is 0.352 e. The van der Waals surface area contributed by atoms with Gasteiger partial charge in [0.15, 0.2) is 0 Å². The van der Waals surface area contributed by atoms with Gasteiger partial charge in [0.25, 0.3) is 0 Å². The molecule has 0 fully saturated rings. The summed E-state index contributed by atoms with van der Waals surface area (Å²) in [6.45, 7) is 4.03. The van der Waals surface area contributed by atoms with Gasteiger partial charge in [-0.3, -0.25) is 10.2 Å². The fourth-order valence-corrected chi connectivity index (χ4v) is 1.85. The van der Waals surface area contributed by atoms with Crippen LogP contribution in [0.5, 0.6) is 0 Å². The summed E-state index contributed by atoms with van der Waals surface area (Å²) in [5.41, 5.74) is 2.36. The molecule has 0 aromatic carbocycles. The molecule has 0 saturated carbocycles. The maximum absolute atomic E-state index is 11.7. The molecule has 0 aliphatic rings. The van der Waals surface area contributed by atoms with Crippen molar-refractivity contribution in [2.75, 3.05) is 23.9 Å². The van der Waals surface area contributed by atoms with Crippen molar-refractivity contribution in [3.05, 3.63) is 10.7 Å². The third kappa shape index (κ3) is 4.11. The van der Waals surface area contributed by atoms with E-state index in [1.165, 1.54) is 0 Å². The summed E-state index contributed by atoms with van der Waals surface area (Å²) in [6.07, 6.45) is 1.58. The van der Waals surface area contributed by atoms with Crippen LogP contribution < -0.4 is 21.5 Å². The van der Waals surface area contributed by atoms with E-state index in [1.54, 1.807) is 18.1 Å². The molecule has 0 unspecified atom stereocenters. The number of carbonyl (C=O) groups is 1. The fraction of sp³-hybridized carbons (Fsp3) is 0.500. The molecule has 1 aromatic rings. The van der Waals surface area contributed by atoms with Gasteiger partial charge in [-0.25, -0.2) is 10.8 Å². The summed E-state index contributed by atoms with van der Waals surface area (Å²) in [5, 5.41) is 2.81. The van der Waals surface area contributed by atoms with Crippen molar-refractivity contribution < 1.29 is 4.79 Å². The van der Waals surface area contributed by atoms with Crippen LogP contribution >= 0.6 is 15.9 Å².